The summed E-state index contributed by atoms with van der Waals surface area (Å²) >= 11 is 0. The molecule has 0 spiro atoms. The zero-order chi connectivity index (χ0) is 17.0. The number of guanidine groups is 1. The first-order chi connectivity index (χ1) is 11.8. The van der Waals surface area contributed by atoms with Crippen molar-refractivity contribution in [2.45, 2.75) is 39.7 Å². The van der Waals surface area contributed by atoms with Crippen LogP contribution in [-0.2, 0) is 6.54 Å². The minimum Gasteiger partial charge on any atom is -0.494 e. The molecule has 0 bridgehead atoms. The largest absolute Gasteiger partial charge is 0.494 e. The number of para-hydroxylation sites is 1. The predicted octanol–water partition coefficient (Wildman–Crippen LogP) is 2.63. The molecule has 1 heterocycles. The zero-order valence-corrected chi connectivity index (χ0v) is 15.2. The van der Waals surface area contributed by atoms with Crippen molar-refractivity contribution < 1.29 is 4.74 Å². The molecule has 134 valence electrons. The zero-order valence-electron chi connectivity index (χ0n) is 15.2. The van der Waals surface area contributed by atoms with Gasteiger partial charge in [-0.25, -0.2) is 4.99 Å². The Kier molecular flexibility index (Phi) is 8.46. The quantitative estimate of drug-likeness (QED) is 0.415. The van der Waals surface area contributed by atoms with E-state index in [1.165, 1.54) is 32.5 Å². The maximum atomic E-state index is 5.67. The van der Waals surface area contributed by atoms with Gasteiger partial charge in [-0.15, -0.1) is 0 Å². The molecule has 0 aliphatic carbocycles. The third kappa shape index (κ3) is 6.40. The molecule has 0 amide bonds. The first-order valence-corrected chi connectivity index (χ1v) is 9.28. The molecule has 1 aromatic carbocycles. The SMILES string of the molecule is CCNC(=NCc1ccccc1OCC)NCCCN1CCCC1. The number of hydrogen-bond acceptors (Lipinski definition) is 3. The number of ether oxygens (including phenoxy) is 1. The Balaban J connectivity index is 1.81. The van der Waals surface area contributed by atoms with Crippen LogP contribution in [0.4, 0.5) is 0 Å². The molecule has 5 nitrogen and oxygen atoms in total. The fourth-order valence-electron chi connectivity index (χ4n) is 2.95. The summed E-state index contributed by atoms with van der Waals surface area (Å²) in [4.78, 5) is 7.24. The number of hydrogen-bond donors (Lipinski definition) is 2. The Bertz CT molecular complexity index is 498. The van der Waals surface area contributed by atoms with E-state index >= 15 is 0 Å². The van der Waals surface area contributed by atoms with Crippen molar-refractivity contribution in [2.75, 3.05) is 39.3 Å². The molecule has 1 saturated heterocycles. The van der Waals surface area contributed by atoms with Crippen LogP contribution >= 0.6 is 0 Å². The number of aliphatic imine (C=N–C) groups is 1. The van der Waals surface area contributed by atoms with Crippen molar-refractivity contribution in [3.63, 3.8) is 0 Å². The molecule has 1 aliphatic rings. The van der Waals surface area contributed by atoms with E-state index in [0.717, 1.165) is 36.8 Å². The average molecular weight is 332 g/mol. The summed E-state index contributed by atoms with van der Waals surface area (Å²) in [5, 5.41) is 6.75. The fourth-order valence-corrected chi connectivity index (χ4v) is 2.95. The average Bonchev–Trinajstić information content (AvgIpc) is 3.11. The van der Waals surface area contributed by atoms with Gasteiger partial charge in [-0.1, -0.05) is 18.2 Å². The van der Waals surface area contributed by atoms with Gasteiger partial charge >= 0.3 is 0 Å². The molecular formula is C19H32N4O. The van der Waals surface area contributed by atoms with E-state index in [1.807, 2.05) is 25.1 Å². The van der Waals surface area contributed by atoms with Crippen LogP contribution in [0.1, 0.15) is 38.7 Å². The summed E-state index contributed by atoms with van der Waals surface area (Å²) in [5.41, 5.74) is 1.12. The Morgan fingerprint density at radius 1 is 1.17 bits per heavy atom. The highest BCUT2D eigenvalue weighted by Crippen LogP contribution is 2.18. The van der Waals surface area contributed by atoms with Gasteiger partial charge < -0.3 is 20.3 Å². The van der Waals surface area contributed by atoms with Gasteiger partial charge in [0.15, 0.2) is 5.96 Å². The van der Waals surface area contributed by atoms with E-state index in [0.29, 0.717) is 13.2 Å². The summed E-state index contributed by atoms with van der Waals surface area (Å²) in [6.07, 6.45) is 3.87. The lowest BCUT2D eigenvalue weighted by Crippen LogP contribution is -2.38. The van der Waals surface area contributed by atoms with Gasteiger partial charge in [0.2, 0.25) is 0 Å². The Labute approximate surface area is 146 Å². The molecule has 2 rings (SSSR count). The number of benzene rings is 1. The second kappa shape index (κ2) is 10.9. The highest BCUT2D eigenvalue weighted by molar-refractivity contribution is 5.79. The van der Waals surface area contributed by atoms with Gasteiger partial charge in [0.1, 0.15) is 5.75 Å². The monoisotopic (exact) mass is 332 g/mol. The molecule has 5 heteroatoms. The van der Waals surface area contributed by atoms with Crippen molar-refractivity contribution in [3.05, 3.63) is 29.8 Å². The molecule has 0 saturated carbocycles. The summed E-state index contributed by atoms with van der Waals surface area (Å²) in [5.74, 6) is 1.80. The van der Waals surface area contributed by atoms with Gasteiger partial charge in [0.25, 0.3) is 0 Å². The number of likely N-dealkylation sites (tertiary alicyclic amines) is 1. The summed E-state index contributed by atoms with van der Waals surface area (Å²) in [7, 11) is 0. The Morgan fingerprint density at radius 2 is 1.96 bits per heavy atom. The number of nitrogens with one attached hydrogen (secondary N) is 2. The highest BCUT2D eigenvalue weighted by atomic mass is 16.5. The molecule has 24 heavy (non-hydrogen) atoms. The van der Waals surface area contributed by atoms with Crippen molar-refractivity contribution in [3.8, 4) is 5.75 Å². The van der Waals surface area contributed by atoms with Crippen molar-refractivity contribution >= 4 is 5.96 Å². The van der Waals surface area contributed by atoms with E-state index in [1.54, 1.807) is 0 Å². The maximum Gasteiger partial charge on any atom is 0.191 e. The molecular weight excluding hydrogens is 300 g/mol. The molecule has 1 aliphatic heterocycles. The lowest BCUT2D eigenvalue weighted by atomic mass is 10.2. The molecule has 1 fully saturated rings. The molecule has 0 unspecified atom stereocenters. The van der Waals surface area contributed by atoms with Crippen LogP contribution < -0.4 is 15.4 Å². The lowest BCUT2D eigenvalue weighted by Gasteiger charge is -2.16. The van der Waals surface area contributed by atoms with Crippen LogP contribution in [-0.4, -0.2) is 50.2 Å². The molecule has 0 radical (unpaired) electrons. The van der Waals surface area contributed by atoms with Crippen molar-refractivity contribution in [2.24, 2.45) is 4.99 Å². The van der Waals surface area contributed by atoms with Gasteiger partial charge in [0, 0.05) is 18.7 Å². The normalized spacial score (nSPS) is 15.5. The fraction of sp³-hybridized carbons (Fsp3) is 0.632. The van der Waals surface area contributed by atoms with Crippen LogP contribution in [0.5, 0.6) is 5.75 Å². The van der Waals surface area contributed by atoms with Gasteiger partial charge in [-0.2, -0.15) is 0 Å². The minimum absolute atomic E-state index is 0.623. The van der Waals surface area contributed by atoms with Gasteiger partial charge in [-0.3, -0.25) is 0 Å². The number of rotatable bonds is 9. The standard InChI is InChI=1S/C19H32N4O/c1-3-20-19(21-12-9-15-23-13-7-8-14-23)22-16-17-10-5-6-11-18(17)24-4-2/h5-6,10-11H,3-4,7-9,12-16H2,1-2H3,(H2,20,21,22). The van der Waals surface area contributed by atoms with Crippen LogP contribution in [0.15, 0.2) is 29.3 Å². The summed E-state index contributed by atoms with van der Waals surface area (Å²) < 4.78 is 5.67. The lowest BCUT2D eigenvalue weighted by molar-refractivity contribution is 0.334. The second-order valence-corrected chi connectivity index (χ2v) is 6.06. The molecule has 0 atom stereocenters. The van der Waals surface area contributed by atoms with Crippen LogP contribution in [0.25, 0.3) is 0 Å². The smallest absolute Gasteiger partial charge is 0.191 e. The highest BCUT2D eigenvalue weighted by Gasteiger charge is 2.10. The van der Waals surface area contributed by atoms with Crippen molar-refractivity contribution in [1.29, 1.82) is 0 Å². The van der Waals surface area contributed by atoms with Crippen LogP contribution in [0, 0.1) is 0 Å². The Hall–Kier alpha value is -1.75. The molecule has 2 N–H and O–H groups in total. The first-order valence-electron chi connectivity index (χ1n) is 9.28. The minimum atomic E-state index is 0.623. The topological polar surface area (TPSA) is 48.9 Å². The van der Waals surface area contributed by atoms with E-state index in [-0.39, 0.29) is 0 Å². The van der Waals surface area contributed by atoms with Crippen LogP contribution in [0.3, 0.4) is 0 Å². The molecule has 1 aromatic rings. The van der Waals surface area contributed by atoms with Gasteiger partial charge in [-0.05, 0) is 58.8 Å². The maximum absolute atomic E-state index is 5.67. The van der Waals surface area contributed by atoms with Gasteiger partial charge in [0.05, 0.1) is 13.2 Å². The van der Waals surface area contributed by atoms with Crippen molar-refractivity contribution in [1.82, 2.24) is 15.5 Å². The summed E-state index contributed by atoms with van der Waals surface area (Å²) in [6.45, 7) is 10.9. The van der Waals surface area contributed by atoms with Crippen LogP contribution in [0.2, 0.25) is 0 Å². The Morgan fingerprint density at radius 3 is 2.71 bits per heavy atom. The third-order valence-corrected chi connectivity index (χ3v) is 4.17. The van der Waals surface area contributed by atoms with E-state index < -0.39 is 0 Å². The predicted molar refractivity (Wildman–Crippen MR) is 101 cm³/mol. The third-order valence-electron chi connectivity index (χ3n) is 4.17. The van der Waals surface area contributed by atoms with E-state index in [2.05, 4.69) is 28.5 Å². The molecule has 0 aromatic heterocycles. The van der Waals surface area contributed by atoms with E-state index in [9.17, 15) is 0 Å². The van der Waals surface area contributed by atoms with E-state index in [4.69, 9.17) is 9.73 Å². The first kappa shape index (κ1) is 18.6. The second-order valence-electron chi connectivity index (χ2n) is 6.06. The summed E-state index contributed by atoms with van der Waals surface area (Å²) in [6, 6.07) is 8.11. The number of nitrogens with zero attached hydrogens (tertiary/aromatic N) is 2.